The van der Waals surface area contributed by atoms with Crippen molar-refractivity contribution in [3.63, 3.8) is 0 Å². The molecule has 2 heteroatoms. The van der Waals surface area contributed by atoms with Gasteiger partial charge in [0, 0.05) is 12.3 Å². The first-order valence-electron chi connectivity index (χ1n) is 5.40. The van der Waals surface area contributed by atoms with Gasteiger partial charge < -0.3 is 4.74 Å². The van der Waals surface area contributed by atoms with Crippen LogP contribution in [0.15, 0.2) is 12.2 Å². The number of carbonyl (C=O) groups is 1. The van der Waals surface area contributed by atoms with Gasteiger partial charge in [-0.1, -0.05) is 26.0 Å². The van der Waals surface area contributed by atoms with Crippen LogP contribution in [-0.2, 0) is 9.53 Å². The van der Waals surface area contributed by atoms with Crippen molar-refractivity contribution >= 4 is 5.97 Å². The van der Waals surface area contributed by atoms with E-state index >= 15 is 0 Å². The minimum absolute atomic E-state index is 0.0270. The van der Waals surface area contributed by atoms with Crippen molar-refractivity contribution in [2.24, 2.45) is 11.3 Å². The summed E-state index contributed by atoms with van der Waals surface area (Å²) in [6.45, 7) is 6.48. The number of hydrogen-bond donors (Lipinski definition) is 0. The highest BCUT2D eigenvalue weighted by atomic mass is 16.6. The Bertz CT molecular complexity index is 295. The maximum absolute atomic E-state index is 11.4. The zero-order chi connectivity index (χ0) is 10.4. The van der Waals surface area contributed by atoms with Gasteiger partial charge in [0.05, 0.1) is 6.42 Å². The third kappa shape index (κ3) is 1.20. The van der Waals surface area contributed by atoms with Crippen LogP contribution in [0.5, 0.6) is 0 Å². The molecule has 78 valence electrons. The Hall–Kier alpha value is -0.790. The predicted molar refractivity (Wildman–Crippen MR) is 54.8 cm³/mol. The minimum Gasteiger partial charge on any atom is -0.459 e. The quantitative estimate of drug-likeness (QED) is 0.474. The third-order valence-electron chi connectivity index (χ3n) is 4.03. The Morgan fingerprint density at radius 1 is 1.57 bits per heavy atom. The molecule has 0 aromatic rings. The summed E-state index contributed by atoms with van der Waals surface area (Å²) in [4.78, 5) is 11.4. The van der Waals surface area contributed by atoms with Crippen molar-refractivity contribution in [3.05, 3.63) is 12.2 Å². The number of hydrogen-bond acceptors (Lipinski definition) is 2. The van der Waals surface area contributed by atoms with Gasteiger partial charge in [-0.15, -0.1) is 0 Å². The SMILES string of the molecule is CCC1(C)C=CCC2(C)OC(=O)CC12. The average molecular weight is 194 g/mol. The van der Waals surface area contributed by atoms with Crippen LogP contribution >= 0.6 is 0 Å². The van der Waals surface area contributed by atoms with Crippen LogP contribution in [0.4, 0.5) is 0 Å². The van der Waals surface area contributed by atoms with Gasteiger partial charge in [-0.25, -0.2) is 0 Å². The van der Waals surface area contributed by atoms with E-state index in [1.165, 1.54) is 0 Å². The number of carbonyl (C=O) groups excluding carboxylic acids is 1. The first-order valence-corrected chi connectivity index (χ1v) is 5.40. The number of rotatable bonds is 1. The van der Waals surface area contributed by atoms with E-state index in [0.29, 0.717) is 12.3 Å². The molecule has 1 aliphatic heterocycles. The molecule has 0 aromatic heterocycles. The highest BCUT2D eigenvalue weighted by molar-refractivity contribution is 5.73. The first-order chi connectivity index (χ1) is 6.50. The lowest BCUT2D eigenvalue weighted by molar-refractivity contribution is -0.148. The van der Waals surface area contributed by atoms with E-state index in [1.807, 2.05) is 0 Å². The average Bonchev–Trinajstić information content (AvgIpc) is 2.42. The summed E-state index contributed by atoms with van der Waals surface area (Å²) in [6, 6.07) is 0. The number of fused-ring (bicyclic) bond motifs is 1. The molecule has 0 bridgehead atoms. The molecule has 1 heterocycles. The van der Waals surface area contributed by atoms with Gasteiger partial charge in [0.1, 0.15) is 5.60 Å². The van der Waals surface area contributed by atoms with E-state index in [1.54, 1.807) is 0 Å². The minimum atomic E-state index is -0.239. The molecular formula is C12H18O2. The molecule has 1 fully saturated rings. The van der Waals surface area contributed by atoms with Crippen LogP contribution < -0.4 is 0 Å². The van der Waals surface area contributed by atoms with Crippen LogP contribution in [-0.4, -0.2) is 11.6 Å². The van der Waals surface area contributed by atoms with Gasteiger partial charge in [-0.05, 0) is 18.8 Å². The second-order valence-electron chi connectivity index (χ2n) is 5.01. The highest BCUT2D eigenvalue weighted by Gasteiger charge is 2.53. The number of allylic oxidation sites excluding steroid dienone is 1. The van der Waals surface area contributed by atoms with Crippen LogP contribution in [0.2, 0.25) is 0 Å². The topological polar surface area (TPSA) is 26.3 Å². The fourth-order valence-corrected chi connectivity index (χ4v) is 2.91. The Morgan fingerprint density at radius 3 is 2.93 bits per heavy atom. The first kappa shape index (κ1) is 9.75. The maximum atomic E-state index is 11.4. The third-order valence-corrected chi connectivity index (χ3v) is 4.03. The summed E-state index contributed by atoms with van der Waals surface area (Å²) in [6.07, 6.45) is 6.96. The van der Waals surface area contributed by atoms with Crippen molar-refractivity contribution in [1.29, 1.82) is 0 Å². The molecule has 14 heavy (non-hydrogen) atoms. The van der Waals surface area contributed by atoms with Crippen molar-refractivity contribution in [3.8, 4) is 0 Å². The predicted octanol–water partition coefficient (Wildman–Crippen LogP) is 2.68. The molecule has 3 unspecified atom stereocenters. The van der Waals surface area contributed by atoms with E-state index in [2.05, 4.69) is 32.9 Å². The second kappa shape index (κ2) is 2.85. The lowest BCUT2D eigenvalue weighted by atomic mass is 9.63. The molecule has 1 aliphatic carbocycles. The zero-order valence-corrected chi connectivity index (χ0v) is 9.17. The van der Waals surface area contributed by atoms with Gasteiger partial charge in [0.25, 0.3) is 0 Å². The van der Waals surface area contributed by atoms with Crippen molar-refractivity contribution in [2.75, 3.05) is 0 Å². The molecule has 2 nitrogen and oxygen atoms in total. The molecule has 2 rings (SSSR count). The Morgan fingerprint density at radius 2 is 2.29 bits per heavy atom. The molecule has 0 saturated carbocycles. The molecule has 0 radical (unpaired) electrons. The zero-order valence-electron chi connectivity index (χ0n) is 9.17. The smallest absolute Gasteiger partial charge is 0.306 e. The van der Waals surface area contributed by atoms with Gasteiger partial charge in [-0.2, -0.15) is 0 Å². The van der Waals surface area contributed by atoms with Gasteiger partial charge in [-0.3, -0.25) is 4.79 Å². The summed E-state index contributed by atoms with van der Waals surface area (Å²) >= 11 is 0. The van der Waals surface area contributed by atoms with Crippen LogP contribution in [0.1, 0.15) is 40.0 Å². The highest BCUT2D eigenvalue weighted by Crippen LogP contribution is 2.51. The molecule has 0 N–H and O–H groups in total. The normalized spacial score (nSPS) is 46.2. The summed E-state index contributed by atoms with van der Waals surface area (Å²) in [5.41, 5.74) is -0.101. The lowest BCUT2D eigenvalue weighted by Gasteiger charge is -2.42. The fourth-order valence-electron chi connectivity index (χ4n) is 2.91. The Kier molecular flexibility index (Phi) is 1.98. The van der Waals surface area contributed by atoms with E-state index in [-0.39, 0.29) is 17.0 Å². The maximum Gasteiger partial charge on any atom is 0.306 e. The fraction of sp³-hybridized carbons (Fsp3) is 0.750. The van der Waals surface area contributed by atoms with Crippen LogP contribution in [0, 0.1) is 11.3 Å². The van der Waals surface area contributed by atoms with Crippen molar-refractivity contribution in [1.82, 2.24) is 0 Å². The van der Waals surface area contributed by atoms with E-state index in [0.717, 1.165) is 12.8 Å². The number of esters is 1. The summed E-state index contributed by atoms with van der Waals surface area (Å²) in [7, 11) is 0. The molecule has 0 aromatic carbocycles. The summed E-state index contributed by atoms with van der Waals surface area (Å²) in [5.74, 6) is 0.332. The van der Waals surface area contributed by atoms with Gasteiger partial charge in [0.15, 0.2) is 0 Å². The van der Waals surface area contributed by atoms with Crippen molar-refractivity contribution < 1.29 is 9.53 Å². The molecule has 0 spiro atoms. The lowest BCUT2D eigenvalue weighted by Crippen LogP contribution is -2.42. The molecule has 0 amide bonds. The van der Waals surface area contributed by atoms with E-state index < -0.39 is 0 Å². The molecular weight excluding hydrogens is 176 g/mol. The van der Waals surface area contributed by atoms with Gasteiger partial charge >= 0.3 is 5.97 Å². The van der Waals surface area contributed by atoms with E-state index in [4.69, 9.17) is 4.74 Å². The van der Waals surface area contributed by atoms with Crippen LogP contribution in [0.3, 0.4) is 0 Å². The standard InChI is InChI=1S/C12H18O2/c1-4-11(2)6-5-7-12(3)9(11)8-10(13)14-12/h5-6,9H,4,7-8H2,1-3H3. The Labute approximate surface area is 85.3 Å². The number of ether oxygens (including phenoxy) is 1. The molecule has 1 saturated heterocycles. The Balaban J connectivity index is 2.37. The molecule has 3 atom stereocenters. The van der Waals surface area contributed by atoms with Gasteiger partial charge in [0.2, 0.25) is 0 Å². The van der Waals surface area contributed by atoms with E-state index in [9.17, 15) is 4.79 Å². The summed E-state index contributed by atoms with van der Waals surface area (Å²) in [5, 5.41) is 0. The second-order valence-corrected chi connectivity index (χ2v) is 5.01. The van der Waals surface area contributed by atoms with Crippen molar-refractivity contribution in [2.45, 2.75) is 45.6 Å². The monoisotopic (exact) mass is 194 g/mol. The summed E-state index contributed by atoms with van der Waals surface area (Å²) < 4.78 is 5.46. The largest absolute Gasteiger partial charge is 0.459 e. The van der Waals surface area contributed by atoms with Crippen LogP contribution in [0.25, 0.3) is 0 Å². The molecule has 2 aliphatic rings.